The Kier molecular flexibility index (Phi) is 5.12. The Morgan fingerprint density at radius 1 is 1.37 bits per heavy atom. The van der Waals surface area contributed by atoms with E-state index in [-0.39, 0.29) is 0 Å². The van der Waals surface area contributed by atoms with Crippen molar-refractivity contribution in [3.8, 4) is 0 Å². The van der Waals surface area contributed by atoms with E-state index in [1.165, 1.54) is 18.5 Å². The van der Waals surface area contributed by atoms with Crippen LogP contribution in [0, 0.1) is 5.92 Å². The summed E-state index contributed by atoms with van der Waals surface area (Å²) >= 11 is 6.11. The zero-order valence-electron chi connectivity index (χ0n) is 12.2. The fourth-order valence-corrected chi connectivity index (χ4v) is 3.19. The largest absolute Gasteiger partial charge is 0.368 e. The quantitative estimate of drug-likeness (QED) is 0.899. The Hall–Kier alpha value is -0.730. The number of rotatable bonds is 4. The molecule has 1 fully saturated rings. The van der Waals surface area contributed by atoms with Crippen LogP contribution in [-0.4, -0.2) is 25.2 Å². The maximum Gasteiger partial charge on any atom is 0.0426 e. The van der Waals surface area contributed by atoms with Gasteiger partial charge in [0.25, 0.3) is 0 Å². The van der Waals surface area contributed by atoms with Crippen LogP contribution >= 0.6 is 11.6 Å². The molecule has 106 valence electrons. The molecule has 1 aliphatic rings. The van der Waals surface area contributed by atoms with Crippen molar-refractivity contribution in [2.75, 3.05) is 18.0 Å². The second-order valence-corrected chi connectivity index (χ2v) is 6.06. The van der Waals surface area contributed by atoms with Crippen molar-refractivity contribution in [3.05, 3.63) is 29.3 Å². The fraction of sp³-hybridized carbons (Fsp3) is 0.625. The highest BCUT2D eigenvalue weighted by molar-refractivity contribution is 6.30. The molecule has 1 aromatic rings. The number of anilines is 1. The molecule has 1 aliphatic heterocycles. The van der Waals surface area contributed by atoms with E-state index in [1.807, 2.05) is 12.1 Å². The van der Waals surface area contributed by atoms with Crippen LogP contribution in [-0.2, 0) is 0 Å². The van der Waals surface area contributed by atoms with Gasteiger partial charge in [-0.1, -0.05) is 31.5 Å². The highest BCUT2D eigenvalue weighted by Gasteiger charge is 2.32. The molecule has 1 heterocycles. The van der Waals surface area contributed by atoms with Crippen molar-refractivity contribution in [2.45, 2.75) is 45.7 Å². The van der Waals surface area contributed by atoms with Gasteiger partial charge in [-0.05, 0) is 50.4 Å². The first kappa shape index (κ1) is 14.7. The smallest absolute Gasteiger partial charge is 0.0426 e. The van der Waals surface area contributed by atoms with E-state index in [2.05, 4.69) is 43.1 Å². The van der Waals surface area contributed by atoms with Gasteiger partial charge < -0.3 is 10.2 Å². The van der Waals surface area contributed by atoms with Crippen molar-refractivity contribution >= 4 is 17.3 Å². The summed E-state index contributed by atoms with van der Waals surface area (Å²) in [7, 11) is 0. The zero-order valence-corrected chi connectivity index (χ0v) is 13.0. The number of benzene rings is 1. The summed E-state index contributed by atoms with van der Waals surface area (Å²) < 4.78 is 0. The van der Waals surface area contributed by atoms with Crippen LogP contribution in [0.3, 0.4) is 0 Å². The molecule has 19 heavy (non-hydrogen) atoms. The third kappa shape index (κ3) is 3.43. The summed E-state index contributed by atoms with van der Waals surface area (Å²) in [6.45, 7) is 9.13. The second-order valence-electron chi connectivity index (χ2n) is 5.62. The molecule has 3 heteroatoms. The van der Waals surface area contributed by atoms with Gasteiger partial charge in [-0.3, -0.25) is 0 Å². The Morgan fingerprint density at radius 2 is 2.16 bits per heavy atom. The molecule has 2 rings (SSSR count). The van der Waals surface area contributed by atoms with E-state index in [0.717, 1.165) is 18.1 Å². The average molecular weight is 281 g/mol. The number of piperidine rings is 1. The molecular weight excluding hydrogens is 256 g/mol. The molecule has 1 N–H and O–H groups in total. The van der Waals surface area contributed by atoms with E-state index in [0.29, 0.717) is 18.0 Å². The first-order chi connectivity index (χ1) is 9.13. The summed E-state index contributed by atoms with van der Waals surface area (Å²) in [4.78, 5) is 2.49. The second kappa shape index (κ2) is 6.62. The summed E-state index contributed by atoms with van der Waals surface area (Å²) in [6.07, 6.45) is 2.41. The monoisotopic (exact) mass is 280 g/mol. The van der Waals surface area contributed by atoms with E-state index in [1.54, 1.807) is 0 Å². The molecule has 0 spiro atoms. The number of nitrogens with zero attached hydrogens (tertiary/aromatic N) is 1. The van der Waals surface area contributed by atoms with Gasteiger partial charge in [-0.25, -0.2) is 0 Å². The van der Waals surface area contributed by atoms with E-state index in [4.69, 9.17) is 11.6 Å². The van der Waals surface area contributed by atoms with Crippen LogP contribution in [0.15, 0.2) is 24.3 Å². The maximum absolute atomic E-state index is 6.11. The highest BCUT2D eigenvalue weighted by Crippen LogP contribution is 2.30. The van der Waals surface area contributed by atoms with Crippen molar-refractivity contribution in [3.63, 3.8) is 0 Å². The number of nitrogens with one attached hydrogen (secondary N) is 1. The number of hydrogen-bond acceptors (Lipinski definition) is 2. The van der Waals surface area contributed by atoms with Gasteiger partial charge in [0.05, 0.1) is 0 Å². The Bertz CT molecular complexity index is 407. The van der Waals surface area contributed by atoms with E-state index in [9.17, 15) is 0 Å². The lowest BCUT2D eigenvalue weighted by Crippen LogP contribution is -2.53. The van der Waals surface area contributed by atoms with Crippen LogP contribution in [0.5, 0.6) is 0 Å². The summed E-state index contributed by atoms with van der Waals surface area (Å²) in [5.74, 6) is 0.652. The van der Waals surface area contributed by atoms with Gasteiger partial charge in [0.1, 0.15) is 0 Å². The van der Waals surface area contributed by atoms with Crippen LogP contribution in [0.4, 0.5) is 5.69 Å². The van der Waals surface area contributed by atoms with Gasteiger partial charge >= 0.3 is 0 Å². The Labute approximate surface area is 122 Å². The number of hydrogen-bond donors (Lipinski definition) is 1. The summed E-state index contributed by atoms with van der Waals surface area (Å²) in [5.41, 5.74) is 1.25. The first-order valence-electron chi connectivity index (χ1n) is 7.39. The third-order valence-corrected chi connectivity index (χ3v) is 4.60. The lowest BCUT2D eigenvalue weighted by atomic mass is 9.86. The minimum Gasteiger partial charge on any atom is -0.368 e. The zero-order chi connectivity index (χ0) is 13.8. The molecule has 2 nitrogen and oxygen atoms in total. The number of halogens is 1. The fourth-order valence-electron chi connectivity index (χ4n) is 3.00. The highest BCUT2D eigenvalue weighted by atomic mass is 35.5. The predicted octanol–water partition coefficient (Wildman–Crippen LogP) is 3.94. The minimum atomic E-state index is 0.543. The molecule has 0 radical (unpaired) electrons. The minimum absolute atomic E-state index is 0.543. The molecule has 0 aliphatic carbocycles. The van der Waals surface area contributed by atoms with Gasteiger partial charge in [0.2, 0.25) is 0 Å². The van der Waals surface area contributed by atoms with Crippen molar-refractivity contribution < 1.29 is 0 Å². The molecule has 0 aromatic heterocycles. The molecule has 0 amide bonds. The normalized spacial score (nSPS) is 27.6. The molecule has 0 saturated carbocycles. The molecule has 0 bridgehead atoms. The Morgan fingerprint density at radius 3 is 2.84 bits per heavy atom. The standard InChI is InChI=1S/C16H25ClN2/c1-4-9-18-16-8-10-19(13(3)12(16)2)15-7-5-6-14(17)11-15/h5-7,11-13,16,18H,4,8-10H2,1-3H3. The van der Waals surface area contributed by atoms with Gasteiger partial charge in [-0.2, -0.15) is 0 Å². The first-order valence-corrected chi connectivity index (χ1v) is 7.77. The molecular formula is C16H25ClN2. The van der Waals surface area contributed by atoms with Gasteiger partial charge in [-0.15, -0.1) is 0 Å². The van der Waals surface area contributed by atoms with Crippen LogP contribution in [0.25, 0.3) is 0 Å². The lowest BCUT2D eigenvalue weighted by Gasteiger charge is -2.44. The van der Waals surface area contributed by atoms with Crippen molar-refractivity contribution in [1.82, 2.24) is 5.32 Å². The average Bonchev–Trinajstić information content (AvgIpc) is 2.40. The van der Waals surface area contributed by atoms with E-state index >= 15 is 0 Å². The Balaban J connectivity index is 2.06. The molecule has 1 saturated heterocycles. The predicted molar refractivity (Wildman–Crippen MR) is 84.1 cm³/mol. The van der Waals surface area contributed by atoms with Gasteiger partial charge in [0.15, 0.2) is 0 Å². The summed E-state index contributed by atoms with van der Waals surface area (Å²) in [6, 6.07) is 9.40. The van der Waals surface area contributed by atoms with E-state index < -0.39 is 0 Å². The van der Waals surface area contributed by atoms with Crippen molar-refractivity contribution in [2.24, 2.45) is 5.92 Å². The summed E-state index contributed by atoms with van der Waals surface area (Å²) in [5, 5.41) is 4.50. The molecule has 3 atom stereocenters. The van der Waals surface area contributed by atoms with Crippen LogP contribution < -0.4 is 10.2 Å². The maximum atomic E-state index is 6.11. The van der Waals surface area contributed by atoms with Gasteiger partial charge in [0, 0.05) is 29.3 Å². The molecule has 3 unspecified atom stereocenters. The van der Waals surface area contributed by atoms with Crippen molar-refractivity contribution in [1.29, 1.82) is 0 Å². The topological polar surface area (TPSA) is 15.3 Å². The third-order valence-electron chi connectivity index (χ3n) is 4.36. The van der Waals surface area contributed by atoms with Crippen LogP contribution in [0.2, 0.25) is 5.02 Å². The molecule has 1 aromatic carbocycles. The lowest BCUT2D eigenvalue weighted by molar-refractivity contribution is 0.271. The van der Waals surface area contributed by atoms with Crippen LogP contribution in [0.1, 0.15) is 33.6 Å². The SMILES string of the molecule is CCCNC1CCN(c2cccc(Cl)c2)C(C)C1C.